The molecule has 2 aromatic carbocycles. The van der Waals surface area contributed by atoms with Gasteiger partial charge in [0.1, 0.15) is 5.82 Å². The summed E-state index contributed by atoms with van der Waals surface area (Å²) in [6.45, 7) is 11.0. The Balaban J connectivity index is 1.46. The molecule has 0 amide bonds. The van der Waals surface area contributed by atoms with Crippen LogP contribution in [-0.4, -0.2) is 51.3 Å². The summed E-state index contributed by atoms with van der Waals surface area (Å²) < 4.78 is 15.1. The number of halogens is 1. The van der Waals surface area contributed by atoms with Gasteiger partial charge in [0.25, 0.3) is 0 Å². The number of nitrogens with zero attached hydrogens (tertiary/aromatic N) is 6. The first-order valence-corrected chi connectivity index (χ1v) is 10.6. The molecule has 1 atom stereocenters. The summed E-state index contributed by atoms with van der Waals surface area (Å²) in [7, 11) is 0. The minimum Gasteiger partial charge on any atom is -0.369 e. The molecule has 0 bridgehead atoms. The lowest BCUT2D eigenvalue weighted by Crippen LogP contribution is -2.48. The highest BCUT2D eigenvalue weighted by Gasteiger charge is 2.28. The molecule has 1 aliphatic rings. The zero-order valence-electron chi connectivity index (χ0n) is 17.9. The van der Waals surface area contributed by atoms with E-state index in [9.17, 15) is 4.39 Å². The third-order valence-corrected chi connectivity index (χ3v) is 5.95. The van der Waals surface area contributed by atoms with Crippen LogP contribution in [0.4, 0.5) is 10.1 Å². The number of tetrazole rings is 1. The van der Waals surface area contributed by atoms with E-state index < -0.39 is 0 Å². The highest BCUT2D eigenvalue weighted by Crippen LogP contribution is 2.27. The van der Waals surface area contributed by atoms with Gasteiger partial charge in [0.15, 0.2) is 5.82 Å². The summed E-state index contributed by atoms with van der Waals surface area (Å²) in [5.41, 5.74) is 4.94. The monoisotopic (exact) mass is 408 g/mol. The minimum atomic E-state index is -0.233. The lowest BCUT2D eigenvalue weighted by Gasteiger charge is -2.40. The van der Waals surface area contributed by atoms with Gasteiger partial charge in [-0.1, -0.05) is 31.2 Å². The van der Waals surface area contributed by atoms with Gasteiger partial charge in [0.2, 0.25) is 0 Å². The van der Waals surface area contributed by atoms with Gasteiger partial charge in [-0.15, -0.1) is 5.10 Å². The van der Waals surface area contributed by atoms with E-state index in [1.807, 2.05) is 4.68 Å². The van der Waals surface area contributed by atoms with Crippen molar-refractivity contribution in [2.24, 2.45) is 0 Å². The number of rotatable bonds is 6. The maximum Gasteiger partial charge on any atom is 0.168 e. The van der Waals surface area contributed by atoms with Crippen LogP contribution in [0.3, 0.4) is 0 Å². The standard InChI is InChI=1S/C23H29FN6/c1-4-21(23-25-26-27-30(23)16-19-7-9-20(24)10-8-19)28-11-13-29(14-12-28)22-15-17(2)5-6-18(22)3/h5-10,15,21H,4,11-14,16H2,1-3H3. The van der Waals surface area contributed by atoms with Crippen LogP contribution >= 0.6 is 0 Å². The van der Waals surface area contributed by atoms with E-state index in [0.29, 0.717) is 6.54 Å². The molecule has 30 heavy (non-hydrogen) atoms. The third-order valence-electron chi connectivity index (χ3n) is 5.95. The lowest BCUT2D eigenvalue weighted by molar-refractivity contribution is 0.169. The summed E-state index contributed by atoms with van der Waals surface area (Å²) in [6, 6.07) is 13.3. The highest BCUT2D eigenvalue weighted by molar-refractivity contribution is 5.55. The molecular weight excluding hydrogens is 379 g/mol. The van der Waals surface area contributed by atoms with Crippen LogP contribution in [0.2, 0.25) is 0 Å². The number of anilines is 1. The Morgan fingerprint density at radius 2 is 1.73 bits per heavy atom. The van der Waals surface area contributed by atoms with Gasteiger partial charge in [-0.05, 0) is 65.6 Å². The summed E-state index contributed by atoms with van der Waals surface area (Å²) in [4.78, 5) is 4.96. The molecule has 1 unspecified atom stereocenters. The fourth-order valence-electron chi connectivity index (χ4n) is 4.26. The van der Waals surface area contributed by atoms with E-state index in [1.165, 1.54) is 28.9 Å². The van der Waals surface area contributed by atoms with Gasteiger partial charge >= 0.3 is 0 Å². The molecule has 4 rings (SSSR count). The number of benzene rings is 2. The topological polar surface area (TPSA) is 50.1 Å². The number of hydrogen-bond donors (Lipinski definition) is 0. The predicted molar refractivity (Wildman–Crippen MR) is 116 cm³/mol. The van der Waals surface area contributed by atoms with E-state index in [-0.39, 0.29) is 11.9 Å². The van der Waals surface area contributed by atoms with Crippen LogP contribution in [0, 0.1) is 19.7 Å². The zero-order chi connectivity index (χ0) is 21.1. The van der Waals surface area contributed by atoms with Gasteiger partial charge < -0.3 is 4.90 Å². The molecule has 0 aliphatic carbocycles. The van der Waals surface area contributed by atoms with Gasteiger partial charge in [-0.3, -0.25) is 4.90 Å². The van der Waals surface area contributed by atoms with Crippen LogP contribution in [0.5, 0.6) is 0 Å². The largest absolute Gasteiger partial charge is 0.369 e. The van der Waals surface area contributed by atoms with Crippen LogP contribution in [-0.2, 0) is 6.54 Å². The van der Waals surface area contributed by atoms with Crippen molar-refractivity contribution in [1.82, 2.24) is 25.1 Å². The zero-order valence-corrected chi connectivity index (χ0v) is 17.9. The quantitative estimate of drug-likeness (QED) is 0.622. The first kappa shape index (κ1) is 20.5. The van der Waals surface area contributed by atoms with Crippen LogP contribution in [0.15, 0.2) is 42.5 Å². The molecule has 158 valence electrons. The smallest absolute Gasteiger partial charge is 0.168 e. The fourth-order valence-corrected chi connectivity index (χ4v) is 4.26. The van der Waals surface area contributed by atoms with Crippen molar-refractivity contribution in [3.63, 3.8) is 0 Å². The number of aryl methyl sites for hydroxylation is 2. The average molecular weight is 409 g/mol. The second-order valence-electron chi connectivity index (χ2n) is 8.06. The molecule has 3 aromatic rings. The summed E-state index contributed by atoms with van der Waals surface area (Å²) in [5.74, 6) is 0.644. The molecule has 1 aromatic heterocycles. The average Bonchev–Trinajstić information content (AvgIpc) is 3.20. The molecule has 0 radical (unpaired) electrons. The second-order valence-corrected chi connectivity index (χ2v) is 8.06. The first-order chi connectivity index (χ1) is 14.5. The van der Waals surface area contributed by atoms with Crippen molar-refractivity contribution >= 4 is 5.69 Å². The van der Waals surface area contributed by atoms with Gasteiger partial charge in [0.05, 0.1) is 12.6 Å². The van der Waals surface area contributed by atoms with Crippen molar-refractivity contribution in [2.45, 2.75) is 39.8 Å². The van der Waals surface area contributed by atoms with Gasteiger partial charge in [-0.2, -0.15) is 0 Å². The molecule has 6 nitrogen and oxygen atoms in total. The number of aromatic nitrogens is 4. The SMILES string of the molecule is CCC(c1nnnn1Cc1ccc(F)cc1)N1CCN(c2cc(C)ccc2C)CC1. The van der Waals surface area contributed by atoms with Gasteiger partial charge in [0, 0.05) is 31.9 Å². The van der Waals surface area contributed by atoms with E-state index in [4.69, 9.17) is 0 Å². The van der Waals surface area contributed by atoms with E-state index >= 15 is 0 Å². The minimum absolute atomic E-state index is 0.168. The maximum atomic E-state index is 13.2. The Kier molecular flexibility index (Phi) is 6.08. The van der Waals surface area contributed by atoms with Crippen LogP contribution < -0.4 is 4.90 Å². The van der Waals surface area contributed by atoms with Crippen molar-refractivity contribution in [3.05, 3.63) is 70.8 Å². The van der Waals surface area contributed by atoms with Crippen LogP contribution in [0.1, 0.15) is 41.9 Å². The van der Waals surface area contributed by atoms with Gasteiger partial charge in [-0.25, -0.2) is 9.07 Å². The molecule has 2 heterocycles. The number of hydrogen-bond acceptors (Lipinski definition) is 5. The normalized spacial score (nSPS) is 16.1. The van der Waals surface area contributed by atoms with Crippen molar-refractivity contribution in [1.29, 1.82) is 0 Å². The first-order valence-electron chi connectivity index (χ1n) is 10.6. The molecule has 0 spiro atoms. The predicted octanol–water partition coefficient (Wildman–Crippen LogP) is 3.75. The fraction of sp³-hybridized carbons (Fsp3) is 0.435. The molecule has 1 saturated heterocycles. The van der Waals surface area contributed by atoms with Crippen molar-refractivity contribution in [2.75, 3.05) is 31.1 Å². The summed E-state index contributed by atoms with van der Waals surface area (Å²) >= 11 is 0. The molecule has 7 heteroatoms. The Hall–Kier alpha value is -2.80. The number of piperazine rings is 1. The Labute approximate surface area is 177 Å². The lowest BCUT2D eigenvalue weighted by atomic mass is 10.1. The second kappa shape index (κ2) is 8.92. The van der Waals surface area contributed by atoms with E-state index in [2.05, 4.69) is 64.3 Å². The molecule has 1 aliphatic heterocycles. The third kappa shape index (κ3) is 4.36. The Morgan fingerprint density at radius 1 is 1.00 bits per heavy atom. The van der Waals surface area contributed by atoms with E-state index in [0.717, 1.165) is 44.0 Å². The molecule has 0 saturated carbocycles. The van der Waals surface area contributed by atoms with Crippen molar-refractivity contribution < 1.29 is 4.39 Å². The highest BCUT2D eigenvalue weighted by atomic mass is 19.1. The van der Waals surface area contributed by atoms with Crippen LogP contribution in [0.25, 0.3) is 0 Å². The van der Waals surface area contributed by atoms with E-state index in [1.54, 1.807) is 12.1 Å². The molecule has 0 N–H and O–H groups in total. The van der Waals surface area contributed by atoms with Crippen molar-refractivity contribution in [3.8, 4) is 0 Å². The summed E-state index contributed by atoms with van der Waals surface area (Å²) in [6.07, 6.45) is 0.938. The molecule has 1 fully saturated rings. The Morgan fingerprint density at radius 3 is 2.43 bits per heavy atom. The molecular formula is C23H29FN6. The summed E-state index contributed by atoms with van der Waals surface area (Å²) in [5, 5.41) is 12.5. The Bertz CT molecular complexity index is 976. The maximum absolute atomic E-state index is 13.2.